The van der Waals surface area contributed by atoms with Crippen LogP contribution in [-0.4, -0.2) is 18.3 Å². The topological polar surface area (TPSA) is 19.7 Å². The molecule has 4 heteroatoms. The van der Waals surface area contributed by atoms with E-state index in [-0.39, 0.29) is 0 Å². The lowest BCUT2D eigenvalue weighted by atomic mass is 9.97. The van der Waals surface area contributed by atoms with Crippen LogP contribution >= 0.6 is 0 Å². The normalized spacial score (nSPS) is 11.7. The van der Waals surface area contributed by atoms with Gasteiger partial charge in [-0.1, -0.05) is 255 Å². The molecule has 20 aromatic rings. The fourth-order valence-electron chi connectivity index (χ4n) is 15.5. The average molecular weight is 1250 g/mol. The number of fused-ring (bicyclic) bond motifs is 13. The molecule has 4 aromatic heterocycles. The first-order valence-corrected chi connectivity index (χ1v) is 33.7. The van der Waals surface area contributed by atoms with E-state index in [9.17, 15) is 0 Å². The smallest absolute Gasteiger partial charge is 0.0541 e. The molecule has 0 amide bonds. The zero-order valence-electron chi connectivity index (χ0n) is 53.6. The van der Waals surface area contributed by atoms with Crippen LogP contribution in [0.25, 0.3) is 176 Å². The lowest BCUT2D eigenvalue weighted by Gasteiger charge is -2.15. The molecule has 0 unspecified atom stereocenters. The van der Waals surface area contributed by atoms with Gasteiger partial charge in [-0.05, 0) is 182 Å². The predicted octanol–water partition coefficient (Wildman–Crippen LogP) is 25.2. The van der Waals surface area contributed by atoms with Crippen molar-refractivity contribution in [3.63, 3.8) is 0 Å². The Morgan fingerprint density at radius 3 is 0.806 bits per heavy atom. The maximum Gasteiger partial charge on any atom is 0.0541 e. The van der Waals surface area contributed by atoms with Gasteiger partial charge in [-0.15, -0.1) is 0 Å². The Bertz CT molecular complexity index is 6390. The molecule has 0 atom stereocenters. The van der Waals surface area contributed by atoms with Gasteiger partial charge in [0.25, 0.3) is 0 Å². The summed E-state index contributed by atoms with van der Waals surface area (Å²) in [7, 11) is 0. The summed E-state index contributed by atoms with van der Waals surface area (Å²) >= 11 is 0. The van der Waals surface area contributed by atoms with Gasteiger partial charge in [-0.25, -0.2) is 0 Å². The van der Waals surface area contributed by atoms with Gasteiger partial charge in [0.1, 0.15) is 0 Å². The van der Waals surface area contributed by atoms with Gasteiger partial charge in [0.2, 0.25) is 0 Å². The molecule has 16 aromatic carbocycles. The van der Waals surface area contributed by atoms with E-state index in [4.69, 9.17) is 0 Å². The minimum absolute atomic E-state index is 1.15. The lowest BCUT2D eigenvalue weighted by Crippen LogP contribution is -1.96. The molecule has 0 bridgehead atoms. The second-order valence-corrected chi connectivity index (χ2v) is 25.6. The van der Waals surface area contributed by atoms with Crippen molar-refractivity contribution in [2.75, 3.05) is 0 Å². The zero-order valence-corrected chi connectivity index (χ0v) is 53.6. The zero-order chi connectivity index (χ0) is 64.6. The van der Waals surface area contributed by atoms with Crippen molar-refractivity contribution in [1.82, 2.24) is 18.3 Å². The van der Waals surface area contributed by atoms with E-state index < -0.39 is 0 Å². The summed E-state index contributed by atoms with van der Waals surface area (Å²) in [5.74, 6) is 0. The first-order valence-electron chi connectivity index (χ1n) is 33.7. The van der Waals surface area contributed by atoms with E-state index in [1.807, 2.05) is 0 Å². The molecule has 20 rings (SSSR count). The van der Waals surface area contributed by atoms with Crippen molar-refractivity contribution in [2.45, 2.75) is 0 Å². The monoisotopic (exact) mass is 1250 g/mol. The van der Waals surface area contributed by atoms with Crippen LogP contribution in [0.4, 0.5) is 0 Å². The molecule has 0 saturated carbocycles. The maximum absolute atomic E-state index is 2.45. The van der Waals surface area contributed by atoms with Gasteiger partial charge >= 0.3 is 0 Å². The highest BCUT2D eigenvalue weighted by Gasteiger charge is 2.21. The molecule has 0 N–H and O–H groups in total. The van der Waals surface area contributed by atoms with Crippen LogP contribution in [0.1, 0.15) is 0 Å². The van der Waals surface area contributed by atoms with E-state index in [0.29, 0.717) is 0 Å². The van der Waals surface area contributed by atoms with Gasteiger partial charge in [0.15, 0.2) is 0 Å². The molecule has 0 aliphatic carbocycles. The van der Waals surface area contributed by atoms with Crippen molar-refractivity contribution in [3.05, 3.63) is 376 Å². The Balaban J connectivity index is 0.000000137. The number of hydrogen-bond donors (Lipinski definition) is 0. The van der Waals surface area contributed by atoms with E-state index in [2.05, 4.69) is 394 Å². The third-order valence-corrected chi connectivity index (χ3v) is 20.0. The summed E-state index contributed by atoms with van der Waals surface area (Å²) in [6.45, 7) is 0. The second kappa shape index (κ2) is 23.5. The number of nitrogens with zero attached hydrogens (tertiary/aromatic N) is 4. The fraction of sp³-hybridized carbons (Fsp3) is 0. The second-order valence-electron chi connectivity index (χ2n) is 25.6. The molecule has 458 valence electrons. The third-order valence-electron chi connectivity index (χ3n) is 20.0. The van der Waals surface area contributed by atoms with Crippen molar-refractivity contribution >= 4 is 98.0 Å². The highest BCUT2D eigenvalue weighted by atomic mass is 15.0. The summed E-state index contributed by atoms with van der Waals surface area (Å²) < 4.78 is 9.63. The van der Waals surface area contributed by atoms with Crippen LogP contribution in [0.3, 0.4) is 0 Å². The largest absolute Gasteiger partial charge is 0.309 e. The maximum atomic E-state index is 2.45. The van der Waals surface area contributed by atoms with Crippen molar-refractivity contribution in [3.8, 4) is 78.4 Å². The Morgan fingerprint density at radius 1 is 0.133 bits per heavy atom. The van der Waals surface area contributed by atoms with Crippen LogP contribution in [0.15, 0.2) is 376 Å². The summed E-state index contributed by atoms with van der Waals surface area (Å²) in [5.41, 5.74) is 26.5. The highest BCUT2D eigenvalue weighted by Crippen LogP contribution is 2.44. The molecular weight excluding hydrogens is 1190 g/mol. The van der Waals surface area contributed by atoms with E-state index >= 15 is 0 Å². The van der Waals surface area contributed by atoms with E-state index in [0.717, 1.165) is 5.69 Å². The summed E-state index contributed by atoms with van der Waals surface area (Å²) in [5, 5.41) is 12.6. The van der Waals surface area contributed by atoms with Gasteiger partial charge < -0.3 is 18.3 Å². The van der Waals surface area contributed by atoms with Crippen LogP contribution in [0, 0.1) is 0 Å². The molecule has 98 heavy (non-hydrogen) atoms. The molecule has 4 nitrogen and oxygen atoms in total. The molecule has 0 aliphatic rings. The van der Waals surface area contributed by atoms with Gasteiger partial charge in [-0.2, -0.15) is 0 Å². The predicted molar refractivity (Wildman–Crippen MR) is 415 cm³/mol. The molecule has 0 fully saturated rings. The van der Waals surface area contributed by atoms with E-state index in [1.54, 1.807) is 0 Å². The van der Waals surface area contributed by atoms with Gasteiger partial charge in [0, 0.05) is 65.5 Å². The number of rotatable bonds is 9. The quantitative estimate of drug-likeness (QED) is 0.137. The van der Waals surface area contributed by atoms with Crippen LogP contribution in [-0.2, 0) is 0 Å². The van der Waals surface area contributed by atoms with Gasteiger partial charge in [-0.3, -0.25) is 0 Å². The van der Waals surface area contributed by atoms with E-state index in [1.165, 1.54) is 171 Å². The summed E-state index contributed by atoms with van der Waals surface area (Å²) in [6.07, 6.45) is 0. The van der Waals surface area contributed by atoms with Crippen LogP contribution < -0.4 is 0 Å². The molecule has 0 saturated heterocycles. The fourth-order valence-corrected chi connectivity index (χ4v) is 15.5. The SMILES string of the molecule is c1ccc(-c2cc(-c3ccccc3)cc(-n3c4ccccc4c4cc(-c5ccc6c(c5)c5ccccc5n6-c5ccccc5)ccc43)c2)cc1.c1ccc(-c2ccc(-n3c4ccccc4c4cc(-c5ccc6c(c5)c5ccccc5n6-c5ccccc5)ccc43)c3ccccc23)cc1. The lowest BCUT2D eigenvalue weighted by molar-refractivity contribution is 1.18. The Kier molecular flexibility index (Phi) is 13.5. The third kappa shape index (κ3) is 9.45. The molecule has 0 aliphatic heterocycles. The minimum Gasteiger partial charge on any atom is -0.309 e. The van der Waals surface area contributed by atoms with Crippen molar-refractivity contribution < 1.29 is 0 Å². The number of aromatic nitrogens is 4. The van der Waals surface area contributed by atoms with Crippen LogP contribution in [0.5, 0.6) is 0 Å². The van der Waals surface area contributed by atoms with Crippen LogP contribution in [0.2, 0.25) is 0 Å². The van der Waals surface area contributed by atoms with Crippen molar-refractivity contribution in [1.29, 1.82) is 0 Å². The van der Waals surface area contributed by atoms with Crippen molar-refractivity contribution in [2.24, 2.45) is 0 Å². The number of hydrogen-bond acceptors (Lipinski definition) is 0. The number of para-hydroxylation sites is 6. The Hall–Kier alpha value is -13.0. The summed E-state index contributed by atoms with van der Waals surface area (Å²) in [4.78, 5) is 0. The first kappa shape index (κ1) is 56.5. The average Bonchev–Trinajstić information content (AvgIpc) is 1.57. The summed E-state index contributed by atoms with van der Waals surface area (Å²) in [6, 6.07) is 137. The Labute approximate surface area is 567 Å². The highest BCUT2D eigenvalue weighted by molar-refractivity contribution is 6.16. The first-order chi connectivity index (χ1) is 48.6. The molecule has 0 spiro atoms. The standard InChI is InChI=1S/C48H32N2.C46H30N2/c1-4-14-33(15-5-1)37-28-38(34-16-6-2-7-17-34)30-40(29-37)50-46-23-13-11-21-42(46)44-32-36(25-27-48(44)50)35-24-26-47-43(31-35)41-20-10-12-22-45(41)49(47)39-18-8-3-9-19-39;1-3-13-31(14-4-1)35-25-28-44(37-18-8-7-17-36(35)37)48-43-22-12-10-20-39(43)41-30-33(24-27-46(41)48)32-23-26-45-40(29-32)38-19-9-11-21-42(38)47(45)34-15-5-2-6-16-34/h1-32H;1-30H. The molecular formula is C94H62N4. The number of benzene rings is 16. The molecule has 0 radical (unpaired) electrons. The van der Waals surface area contributed by atoms with Gasteiger partial charge in [0.05, 0.1) is 49.8 Å². The minimum atomic E-state index is 1.15. The Morgan fingerprint density at radius 2 is 0.418 bits per heavy atom. The molecule has 4 heterocycles.